The lowest BCUT2D eigenvalue weighted by molar-refractivity contribution is 0.0599. The van der Waals surface area contributed by atoms with Gasteiger partial charge in [0, 0.05) is 0 Å². The number of rotatable bonds is 1. The summed E-state index contributed by atoms with van der Waals surface area (Å²) in [4.78, 5) is 11.4. The van der Waals surface area contributed by atoms with E-state index in [4.69, 9.17) is 16.3 Å². The van der Waals surface area contributed by atoms with E-state index in [1.807, 2.05) is 12.1 Å². The summed E-state index contributed by atoms with van der Waals surface area (Å²) in [6.07, 6.45) is 1.78. The van der Waals surface area contributed by atoms with Gasteiger partial charge in [0.05, 0.1) is 18.1 Å². The van der Waals surface area contributed by atoms with Gasteiger partial charge in [-0.25, -0.2) is 4.79 Å². The van der Waals surface area contributed by atoms with Crippen molar-refractivity contribution in [2.24, 2.45) is 0 Å². The third kappa shape index (κ3) is 1.40. The molecule has 0 amide bonds. The molecule has 0 aliphatic heterocycles. The molecule has 1 aliphatic rings. The third-order valence-corrected chi connectivity index (χ3v) is 3.06. The maximum atomic E-state index is 11.4. The lowest BCUT2D eigenvalue weighted by Gasteiger charge is -2.06. The first kappa shape index (κ1) is 9.53. The lowest BCUT2D eigenvalue weighted by Crippen LogP contribution is -2.05. The molecular weight excluding hydrogens is 200 g/mol. The summed E-state index contributed by atoms with van der Waals surface area (Å²) in [5, 5.41) is 0.0506. The largest absolute Gasteiger partial charge is 0.465 e. The maximum Gasteiger partial charge on any atom is 0.338 e. The average molecular weight is 211 g/mol. The van der Waals surface area contributed by atoms with Crippen LogP contribution in [-0.2, 0) is 11.2 Å². The number of benzene rings is 1. The van der Waals surface area contributed by atoms with Crippen molar-refractivity contribution in [2.45, 2.75) is 18.2 Å². The molecule has 14 heavy (non-hydrogen) atoms. The van der Waals surface area contributed by atoms with Crippen LogP contribution < -0.4 is 0 Å². The third-order valence-electron chi connectivity index (χ3n) is 2.60. The topological polar surface area (TPSA) is 26.3 Å². The van der Waals surface area contributed by atoms with Gasteiger partial charge in [-0.3, -0.25) is 0 Å². The van der Waals surface area contributed by atoms with E-state index in [2.05, 4.69) is 0 Å². The van der Waals surface area contributed by atoms with Crippen LogP contribution in [0.1, 0.15) is 33.3 Å². The lowest BCUT2D eigenvalue weighted by atomic mass is 10.0. The van der Waals surface area contributed by atoms with Gasteiger partial charge >= 0.3 is 5.97 Å². The molecule has 1 atom stereocenters. The summed E-state index contributed by atoms with van der Waals surface area (Å²) in [5.74, 6) is -0.271. The number of alkyl halides is 1. The van der Waals surface area contributed by atoms with E-state index < -0.39 is 0 Å². The number of fused-ring (bicyclic) bond motifs is 1. The van der Waals surface area contributed by atoms with Gasteiger partial charge in [-0.1, -0.05) is 12.1 Å². The van der Waals surface area contributed by atoms with Crippen molar-refractivity contribution in [1.82, 2.24) is 0 Å². The quantitative estimate of drug-likeness (QED) is 0.526. The molecular formula is C11H11ClO2. The number of ether oxygens (including phenoxy) is 1. The van der Waals surface area contributed by atoms with Gasteiger partial charge < -0.3 is 4.74 Å². The van der Waals surface area contributed by atoms with Crippen LogP contribution >= 0.6 is 11.6 Å². The Hall–Kier alpha value is -1.02. The number of carbonyl (C=O) groups excluding carboxylic acids is 1. The monoisotopic (exact) mass is 210 g/mol. The predicted molar refractivity (Wildman–Crippen MR) is 54.7 cm³/mol. The van der Waals surface area contributed by atoms with Crippen LogP contribution in [0, 0.1) is 0 Å². The van der Waals surface area contributed by atoms with E-state index in [-0.39, 0.29) is 11.3 Å². The van der Waals surface area contributed by atoms with E-state index in [1.54, 1.807) is 6.07 Å². The molecule has 0 saturated carbocycles. The SMILES string of the molecule is COC(=O)c1cccc2c1CC[C@@H]2Cl. The van der Waals surface area contributed by atoms with Crippen LogP contribution in [0.4, 0.5) is 0 Å². The molecule has 2 rings (SSSR count). The smallest absolute Gasteiger partial charge is 0.338 e. The van der Waals surface area contributed by atoms with E-state index in [9.17, 15) is 4.79 Å². The maximum absolute atomic E-state index is 11.4. The van der Waals surface area contributed by atoms with E-state index in [0.717, 1.165) is 24.0 Å². The first-order valence-electron chi connectivity index (χ1n) is 4.58. The van der Waals surface area contributed by atoms with Crippen molar-refractivity contribution < 1.29 is 9.53 Å². The van der Waals surface area contributed by atoms with Gasteiger partial charge in [0.15, 0.2) is 0 Å². The van der Waals surface area contributed by atoms with Crippen LogP contribution in [0.15, 0.2) is 18.2 Å². The molecule has 1 aromatic carbocycles. The van der Waals surface area contributed by atoms with Crippen LogP contribution in [0.3, 0.4) is 0 Å². The molecule has 0 radical (unpaired) electrons. The minimum absolute atomic E-state index is 0.0506. The van der Waals surface area contributed by atoms with Crippen molar-refractivity contribution in [3.05, 3.63) is 34.9 Å². The number of carbonyl (C=O) groups is 1. The first-order valence-corrected chi connectivity index (χ1v) is 5.02. The Morgan fingerprint density at radius 2 is 2.36 bits per heavy atom. The Bertz CT molecular complexity index is 374. The predicted octanol–water partition coefficient (Wildman–Crippen LogP) is 2.70. The van der Waals surface area contributed by atoms with Crippen molar-refractivity contribution >= 4 is 17.6 Å². The Kier molecular flexibility index (Phi) is 2.46. The summed E-state index contributed by atoms with van der Waals surface area (Å²) >= 11 is 6.11. The van der Waals surface area contributed by atoms with Gasteiger partial charge in [0.2, 0.25) is 0 Å². The van der Waals surface area contributed by atoms with Crippen LogP contribution in [0.25, 0.3) is 0 Å². The highest BCUT2D eigenvalue weighted by atomic mass is 35.5. The molecule has 0 bridgehead atoms. The van der Waals surface area contributed by atoms with Gasteiger partial charge in [-0.2, -0.15) is 0 Å². The van der Waals surface area contributed by atoms with Crippen molar-refractivity contribution in [1.29, 1.82) is 0 Å². The Labute approximate surface area is 87.8 Å². The molecule has 0 saturated heterocycles. The second-order valence-electron chi connectivity index (χ2n) is 3.37. The molecule has 0 fully saturated rings. The zero-order valence-corrected chi connectivity index (χ0v) is 8.67. The normalized spacial score (nSPS) is 19.1. The van der Waals surface area contributed by atoms with Crippen LogP contribution in [-0.4, -0.2) is 13.1 Å². The number of hydrogen-bond donors (Lipinski definition) is 0. The van der Waals surface area contributed by atoms with Gasteiger partial charge in [0.25, 0.3) is 0 Å². The summed E-state index contributed by atoms with van der Waals surface area (Å²) in [6.45, 7) is 0. The van der Waals surface area contributed by atoms with E-state index >= 15 is 0 Å². The summed E-state index contributed by atoms with van der Waals surface area (Å²) in [5.41, 5.74) is 2.79. The number of esters is 1. The molecule has 0 unspecified atom stereocenters. The van der Waals surface area contributed by atoms with Gasteiger partial charge in [-0.05, 0) is 30.0 Å². The van der Waals surface area contributed by atoms with E-state index in [0.29, 0.717) is 5.56 Å². The van der Waals surface area contributed by atoms with Crippen molar-refractivity contribution in [2.75, 3.05) is 7.11 Å². The van der Waals surface area contributed by atoms with Gasteiger partial charge in [0.1, 0.15) is 0 Å². The number of hydrogen-bond acceptors (Lipinski definition) is 2. The first-order chi connectivity index (χ1) is 6.74. The fourth-order valence-electron chi connectivity index (χ4n) is 1.90. The fourth-order valence-corrected chi connectivity index (χ4v) is 2.22. The highest BCUT2D eigenvalue weighted by Gasteiger charge is 2.25. The molecule has 0 heterocycles. The Morgan fingerprint density at radius 3 is 3.07 bits per heavy atom. The minimum atomic E-state index is -0.271. The molecule has 74 valence electrons. The zero-order valence-electron chi connectivity index (χ0n) is 7.92. The fraction of sp³-hybridized carbons (Fsp3) is 0.364. The number of methoxy groups -OCH3 is 1. The standard InChI is InChI=1S/C11H11ClO2/c1-14-11(13)9-4-2-3-8-7(9)5-6-10(8)12/h2-4,10H,5-6H2,1H3/t10-/m0/s1. The summed E-state index contributed by atoms with van der Waals surface area (Å²) in [6, 6.07) is 5.62. The second-order valence-corrected chi connectivity index (χ2v) is 3.90. The Balaban J connectivity index is 2.49. The Morgan fingerprint density at radius 1 is 1.57 bits per heavy atom. The summed E-state index contributed by atoms with van der Waals surface area (Å²) < 4.78 is 4.71. The molecule has 3 heteroatoms. The molecule has 0 aromatic heterocycles. The molecule has 0 spiro atoms. The summed E-state index contributed by atoms with van der Waals surface area (Å²) in [7, 11) is 1.40. The van der Waals surface area contributed by atoms with Crippen molar-refractivity contribution in [3.63, 3.8) is 0 Å². The highest BCUT2D eigenvalue weighted by molar-refractivity contribution is 6.21. The molecule has 1 aromatic rings. The van der Waals surface area contributed by atoms with Crippen molar-refractivity contribution in [3.8, 4) is 0 Å². The second kappa shape index (κ2) is 3.62. The minimum Gasteiger partial charge on any atom is -0.465 e. The molecule has 2 nitrogen and oxygen atoms in total. The zero-order chi connectivity index (χ0) is 10.1. The van der Waals surface area contributed by atoms with Crippen LogP contribution in [0.5, 0.6) is 0 Å². The molecule has 1 aliphatic carbocycles. The highest BCUT2D eigenvalue weighted by Crippen LogP contribution is 2.37. The van der Waals surface area contributed by atoms with Crippen LogP contribution in [0.2, 0.25) is 0 Å². The average Bonchev–Trinajstić information content (AvgIpc) is 2.59. The molecule has 0 N–H and O–H groups in total. The van der Waals surface area contributed by atoms with E-state index in [1.165, 1.54) is 7.11 Å². The number of halogens is 1. The van der Waals surface area contributed by atoms with Gasteiger partial charge in [-0.15, -0.1) is 11.6 Å².